The molecule has 0 radical (unpaired) electrons. The van der Waals surface area contributed by atoms with Gasteiger partial charge in [0.15, 0.2) is 5.13 Å². The van der Waals surface area contributed by atoms with E-state index in [2.05, 4.69) is 22.5 Å². The molecule has 0 saturated carbocycles. The predicted molar refractivity (Wildman–Crippen MR) is 91.5 cm³/mol. The Kier molecular flexibility index (Phi) is 4.90. The molecular formula is C17H17ClN2OS. The molecule has 0 saturated heterocycles. The van der Waals surface area contributed by atoms with Crippen molar-refractivity contribution in [3.05, 3.63) is 58.1 Å². The Morgan fingerprint density at radius 3 is 3.05 bits per heavy atom. The van der Waals surface area contributed by atoms with E-state index in [1.54, 1.807) is 6.20 Å². The number of halogens is 1. The number of carbonyl (C=O) groups is 1. The van der Waals surface area contributed by atoms with Crippen molar-refractivity contribution in [2.75, 3.05) is 5.32 Å². The van der Waals surface area contributed by atoms with E-state index in [-0.39, 0.29) is 5.91 Å². The number of amides is 1. The van der Waals surface area contributed by atoms with Gasteiger partial charge in [0.2, 0.25) is 5.91 Å². The summed E-state index contributed by atoms with van der Waals surface area (Å²) in [5.74, 6) is 0.415. The van der Waals surface area contributed by atoms with Crippen molar-refractivity contribution < 1.29 is 4.79 Å². The zero-order valence-electron chi connectivity index (χ0n) is 12.1. The van der Waals surface area contributed by atoms with Crippen molar-refractivity contribution in [3.8, 4) is 0 Å². The summed E-state index contributed by atoms with van der Waals surface area (Å²) in [7, 11) is 0. The molecule has 0 fully saturated rings. The lowest BCUT2D eigenvalue weighted by Gasteiger charge is -2.06. The molecule has 114 valence electrons. The van der Waals surface area contributed by atoms with Gasteiger partial charge in [0.05, 0.1) is 0 Å². The number of aromatic nitrogens is 1. The van der Waals surface area contributed by atoms with Crippen LogP contribution in [0.2, 0.25) is 5.02 Å². The number of rotatable bonds is 5. The molecule has 3 rings (SSSR count). The molecule has 1 aromatic heterocycles. The van der Waals surface area contributed by atoms with Crippen LogP contribution in [0.1, 0.15) is 29.7 Å². The van der Waals surface area contributed by atoms with Crippen LogP contribution in [-0.2, 0) is 11.2 Å². The van der Waals surface area contributed by atoms with Crippen LogP contribution in [0.3, 0.4) is 0 Å². The highest BCUT2D eigenvalue weighted by Crippen LogP contribution is 2.26. The first-order valence-corrected chi connectivity index (χ1v) is 8.55. The monoisotopic (exact) mass is 332 g/mol. The second-order valence-corrected chi connectivity index (χ2v) is 6.94. The number of benzene rings is 1. The lowest BCUT2D eigenvalue weighted by atomic mass is 10.1. The predicted octanol–water partition coefficient (Wildman–Crippen LogP) is 4.68. The van der Waals surface area contributed by atoms with E-state index < -0.39 is 0 Å². The fraction of sp³-hybridized carbons (Fsp3) is 0.294. The Bertz CT molecular complexity index is 695. The van der Waals surface area contributed by atoms with Crippen LogP contribution >= 0.6 is 22.9 Å². The average Bonchev–Trinajstić information content (AvgIpc) is 3.14. The van der Waals surface area contributed by atoms with E-state index in [1.807, 2.05) is 24.3 Å². The topological polar surface area (TPSA) is 42.0 Å². The highest BCUT2D eigenvalue weighted by Gasteiger charge is 2.15. The Labute approximate surface area is 139 Å². The lowest BCUT2D eigenvalue weighted by Crippen LogP contribution is -2.14. The molecule has 3 nitrogen and oxygen atoms in total. The molecule has 2 aromatic rings. The zero-order valence-corrected chi connectivity index (χ0v) is 13.7. The van der Waals surface area contributed by atoms with E-state index in [1.165, 1.54) is 11.3 Å². The van der Waals surface area contributed by atoms with Gasteiger partial charge in [-0.2, -0.15) is 0 Å². The maximum absolute atomic E-state index is 12.0. The van der Waals surface area contributed by atoms with Gasteiger partial charge in [-0.1, -0.05) is 42.0 Å². The quantitative estimate of drug-likeness (QED) is 0.807. The van der Waals surface area contributed by atoms with Crippen LogP contribution in [0.25, 0.3) is 0 Å². The maximum Gasteiger partial charge on any atom is 0.226 e. The molecule has 1 aromatic carbocycles. The largest absolute Gasteiger partial charge is 0.302 e. The summed E-state index contributed by atoms with van der Waals surface area (Å²) in [6, 6.07) is 7.78. The average molecular weight is 333 g/mol. The summed E-state index contributed by atoms with van der Waals surface area (Å²) in [6.45, 7) is 0. The minimum absolute atomic E-state index is 0.0372. The van der Waals surface area contributed by atoms with Gasteiger partial charge in [-0.15, -0.1) is 11.3 Å². The normalized spacial score (nSPS) is 16.9. The molecule has 1 heterocycles. The number of nitrogens with one attached hydrogen (secondary N) is 1. The second-order valence-electron chi connectivity index (χ2n) is 5.42. The Balaban J connectivity index is 1.58. The smallest absolute Gasteiger partial charge is 0.226 e. The number of hydrogen-bond donors (Lipinski definition) is 1. The number of hydrogen-bond acceptors (Lipinski definition) is 3. The lowest BCUT2D eigenvalue weighted by molar-refractivity contribution is -0.116. The van der Waals surface area contributed by atoms with Crippen LogP contribution in [0.15, 0.2) is 42.6 Å². The van der Waals surface area contributed by atoms with Gasteiger partial charge in [0.25, 0.3) is 0 Å². The van der Waals surface area contributed by atoms with Gasteiger partial charge < -0.3 is 5.32 Å². The number of anilines is 1. The van der Waals surface area contributed by atoms with Crippen molar-refractivity contribution in [3.63, 3.8) is 0 Å². The van der Waals surface area contributed by atoms with Crippen molar-refractivity contribution in [2.45, 2.75) is 25.7 Å². The Hall–Kier alpha value is -1.65. The maximum atomic E-state index is 12.0. The molecule has 22 heavy (non-hydrogen) atoms. The van der Waals surface area contributed by atoms with Crippen LogP contribution in [-0.4, -0.2) is 10.9 Å². The first kappa shape index (κ1) is 15.3. The number of allylic oxidation sites excluding steroid dienone is 2. The molecule has 1 aliphatic carbocycles. The summed E-state index contributed by atoms with van der Waals surface area (Å²) >= 11 is 7.67. The number of thiazole rings is 1. The van der Waals surface area contributed by atoms with Crippen LogP contribution in [0, 0.1) is 5.92 Å². The Morgan fingerprint density at radius 1 is 1.41 bits per heavy atom. The SMILES string of the molecule is O=C(CC1C=CCC1)Nc1ncc(Cc2ccccc2Cl)s1. The van der Waals surface area contributed by atoms with Crippen molar-refractivity contribution in [1.29, 1.82) is 0 Å². The van der Waals surface area contributed by atoms with E-state index in [9.17, 15) is 4.79 Å². The molecule has 0 spiro atoms. The van der Waals surface area contributed by atoms with Crippen LogP contribution in [0.5, 0.6) is 0 Å². The molecular weight excluding hydrogens is 316 g/mol. The summed E-state index contributed by atoms with van der Waals surface area (Å²) in [4.78, 5) is 17.4. The molecule has 5 heteroatoms. The highest BCUT2D eigenvalue weighted by atomic mass is 35.5. The van der Waals surface area contributed by atoms with Gasteiger partial charge in [-0.05, 0) is 30.4 Å². The number of nitrogens with zero attached hydrogens (tertiary/aromatic N) is 1. The summed E-state index contributed by atoms with van der Waals surface area (Å²) in [5, 5.41) is 4.31. The molecule has 0 bridgehead atoms. The molecule has 1 amide bonds. The van der Waals surface area contributed by atoms with Gasteiger partial charge in [0, 0.05) is 28.9 Å². The minimum Gasteiger partial charge on any atom is -0.302 e. The van der Waals surface area contributed by atoms with Crippen LogP contribution < -0.4 is 5.32 Å². The molecule has 1 atom stereocenters. The summed E-state index contributed by atoms with van der Waals surface area (Å²) < 4.78 is 0. The first-order valence-electron chi connectivity index (χ1n) is 7.35. The third-order valence-corrected chi connectivity index (χ3v) is 4.96. The van der Waals surface area contributed by atoms with Crippen molar-refractivity contribution in [1.82, 2.24) is 4.98 Å². The third-order valence-electron chi connectivity index (χ3n) is 3.68. The number of carbonyl (C=O) groups excluding carboxylic acids is 1. The fourth-order valence-corrected chi connectivity index (χ4v) is 3.60. The summed E-state index contributed by atoms with van der Waals surface area (Å²) in [6.07, 6.45) is 9.50. The highest BCUT2D eigenvalue weighted by molar-refractivity contribution is 7.15. The van der Waals surface area contributed by atoms with E-state index in [0.29, 0.717) is 17.5 Å². The van der Waals surface area contributed by atoms with Gasteiger partial charge in [-0.3, -0.25) is 4.79 Å². The molecule has 1 N–H and O–H groups in total. The van der Waals surface area contributed by atoms with Gasteiger partial charge in [0.1, 0.15) is 0 Å². The zero-order chi connectivity index (χ0) is 15.4. The van der Waals surface area contributed by atoms with Gasteiger partial charge >= 0.3 is 0 Å². The van der Waals surface area contributed by atoms with Crippen molar-refractivity contribution >= 4 is 34.0 Å². The molecule has 0 aliphatic heterocycles. The van der Waals surface area contributed by atoms with E-state index in [4.69, 9.17) is 11.6 Å². The molecule has 1 unspecified atom stereocenters. The Morgan fingerprint density at radius 2 is 2.27 bits per heavy atom. The van der Waals surface area contributed by atoms with E-state index >= 15 is 0 Å². The van der Waals surface area contributed by atoms with Crippen LogP contribution in [0.4, 0.5) is 5.13 Å². The molecule has 1 aliphatic rings. The van der Waals surface area contributed by atoms with E-state index in [0.717, 1.165) is 34.7 Å². The minimum atomic E-state index is 0.0372. The van der Waals surface area contributed by atoms with Gasteiger partial charge in [-0.25, -0.2) is 4.98 Å². The third kappa shape index (κ3) is 3.96. The first-order chi connectivity index (χ1) is 10.7. The van der Waals surface area contributed by atoms with Crippen molar-refractivity contribution in [2.24, 2.45) is 5.92 Å². The fourth-order valence-electron chi connectivity index (χ4n) is 2.55. The standard InChI is InChI=1S/C17H17ClN2OS/c18-15-8-4-3-7-13(15)10-14-11-19-17(22-14)20-16(21)9-12-5-1-2-6-12/h1,3-5,7-8,11-12H,2,6,9-10H2,(H,19,20,21). The summed E-state index contributed by atoms with van der Waals surface area (Å²) in [5.41, 5.74) is 1.07. The second kappa shape index (κ2) is 7.07.